The molecule has 5 nitrogen and oxygen atoms in total. The molecule has 1 aliphatic heterocycles. The second kappa shape index (κ2) is 3.80. The predicted octanol–water partition coefficient (Wildman–Crippen LogP) is 1.95. The van der Waals surface area contributed by atoms with Gasteiger partial charge in [0.1, 0.15) is 11.5 Å². The lowest BCUT2D eigenvalue weighted by Gasteiger charge is -2.36. The van der Waals surface area contributed by atoms with Crippen LogP contribution in [0.2, 0.25) is 0 Å². The number of rotatable bonds is 1. The van der Waals surface area contributed by atoms with Crippen molar-refractivity contribution in [3.05, 3.63) is 11.8 Å². The van der Waals surface area contributed by atoms with Gasteiger partial charge in [-0.2, -0.15) is 0 Å². The fourth-order valence-corrected chi connectivity index (χ4v) is 3.10. The number of thioether (sulfide) groups is 1. The van der Waals surface area contributed by atoms with Crippen molar-refractivity contribution in [2.24, 2.45) is 0 Å². The van der Waals surface area contributed by atoms with Gasteiger partial charge in [-0.25, -0.2) is 4.79 Å². The van der Waals surface area contributed by atoms with Crippen molar-refractivity contribution in [2.45, 2.75) is 30.4 Å². The van der Waals surface area contributed by atoms with Crippen LogP contribution >= 0.6 is 11.8 Å². The Morgan fingerprint density at radius 2 is 2.18 bits per heavy atom. The number of aromatic nitrogens is 1. The number of carboxylic acid groups (broad SMARTS) is 1. The fourth-order valence-electron chi connectivity index (χ4n) is 1.88. The standard InChI is InChI=1S/C11H14N2O3S/c1-6(14)13-5-11(2,3)17-8-4-7(10(15)16)12-9(8)13/h4,12H,5H2,1-3H3,(H,15,16). The van der Waals surface area contributed by atoms with Gasteiger partial charge in [0.2, 0.25) is 5.91 Å². The molecule has 0 saturated heterocycles. The third-order valence-electron chi connectivity index (χ3n) is 2.57. The highest BCUT2D eigenvalue weighted by molar-refractivity contribution is 8.00. The van der Waals surface area contributed by atoms with Gasteiger partial charge in [-0.15, -0.1) is 11.8 Å². The Hall–Kier alpha value is -1.43. The van der Waals surface area contributed by atoms with Crippen LogP contribution < -0.4 is 4.90 Å². The van der Waals surface area contributed by atoms with Crippen LogP contribution in [0.15, 0.2) is 11.0 Å². The topological polar surface area (TPSA) is 73.4 Å². The van der Waals surface area contributed by atoms with Crippen molar-refractivity contribution in [2.75, 3.05) is 11.4 Å². The Labute approximate surface area is 103 Å². The monoisotopic (exact) mass is 254 g/mol. The van der Waals surface area contributed by atoms with Crippen molar-refractivity contribution >= 4 is 29.5 Å². The van der Waals surface area contributed by atoms with E-state index in [0.717, 1.165) is 4.90 Å². The Balaban J connectivity index is 2.49. The van der Waals surface area contributed by atoms with Gasteiger partial charge in [0.25, 0.3) is 0 Å². The van der Waals surface area contributed by atoms with Crippen molar-refractivity contribution in [1.82, 2.24) is 4.98 Å². The number of fused-ring (bicyclic) bond motifs is 1. The molecule has 17 heavy (non-hydrogen) atoms. The molecule has 0 unspecified atom stereocenters. The lowest BCUT2D eigenvalue weighted by molar-refractivity contribution is -0.116. The summed E-state index contributed by atoms with van der Waals surface area (Å²) < 4.78 is -0.114. The van der Waals surface area contributed by atoms with E-state index in [9.17, 15) is 9.59 Å². The van der Waals surface area contributed by atoms with E-state index < -0.39 is 5.97 Å². The van der Waals surface area contributed by atoms with Crippen LogP contribution in [0.25, 0.3) is 0 Å². The molecular weight excluding hydrogens is 240 g/mol. The largest absolute Gasteiger partial charge is 0.477 e. The lowest BCUT2D eigenvalue weighted by atomic mass is 10.2. The average Bonchev–Trinajstić information content (AvgIpc) is 2.57. The van der Waals surface area contributed by atoms with Crippen LogP contribution in [-0.4, -0.2) is 33.3 Å². The van der Waals surface area contributed by atoms with Crippen LogP contribution in [-0.2, 0) is 4.79 Å². The van der Waals surface area contributed by atoms with Crippen LogP contribution in [0.4, 0.5) is 5.82 Å². The Morgan fingerprint density at radius 3 is 2.71 bits per heavy atom. The summed E-state index contributed by atoms with van der Waals surface area (Å²) in [6, 6.07) is 1.58. The highest BCUT2D eigenvalue weighted by atomic mass is 32.2. The van der Waals surface area contributed by atoms with Gasteiger partial charge < -0.3 is 10.1 Å². The molecule has 92 valence electrons. The lowest BCUT2D eigenvalue weighted by Crippen LogP contribution is -2.42. The molecule has 0 fully saturated rings. The average molecular weight is 254 g/mol. The number of amides is 1. The molecule has 1 aliphatic rings. The van der Waals surface area contributed by atoms with E-state index >= 15 is 0 Å². The van der Waals surface area contributed by atoms with E-state index in [0.29, 0.717) is 12.4 Å². The quantitative estimate of drug-likeness (QED) is 0.803. The summed E-state index contributed by atoms with van der Waals surface area (Å²) in [5.41, 5.74) is 0.117. The van der Waals surface area contributed by atoms with E-state index in [1.807, 2.05) is 13.8 Å². The number of carbonyl (C=O) groups excluding carboxylic acids is 1. The fraction of sp³-hybridized carbons (Fsp3) is 0.455. The molecule has 0 bridgehead atoms. The molecule has 2 heterocycles. The van der Waals surface area contributed by atoms with Crippen molar-refractivity contribution in [1.29, 1.82) is 0 Å². The third-order valence-corrected chi connectivity index (χ3v) is 3.78. The first-order chi connectivity index (χ1) is 7.80. The summed E-state index contributed by atoms with van der Waals surface area (Å²) >= 11 is 1.59. The van der Waals surface area contributed by atoms with Crippen LogP contribution in [0.5, 0.6) is 0 Å². The van der Waals surface area contributed by atoms with Gasteiger partial charge in [-0.1, -0.05) is 0 Å². The Bertz CT molecular complexity index is 493. The first kappa shape index (κ1) is 12.0. The minimum atomic E-state index is -1.01. The summed E-state index contributed by atoms with van der Waals surface area (Å²) in [4.78, 5) is 27.7. The highest BCUT2D eigenvalue weighted by Gasteiger charge is 2.35. The molecule has 0 saturated carbocycles. The molecule has 2 N–H and O–H groups in total. The zero-order valence-electron chi connectivity index (χ0n) is 9.90. The molecule has 2 rings (SSSR count). The van der Waals surface area contributed by atoms with E-state index in [1.54, 1.807) is 22.7 Å². The molecule has 1 aromatic rings. The summed E-state index contributed by atoms with van der Waals surface area (Å²) in [7, 11) is 0. The first-order valence-electron chi connectivity index (χ1n) is 5.23. The van der Waals surface area contributed by atoms with Crippen LogP contribution in [0, 0.1) is 0 Å². The SMILES string of the molecule is CC(=O)N1CC(C)(C)Sc2cc(C(=O)O)[nH]c21. The number of H-pyrrole nitrogens is 1. The van der Waals surface area contributed by atoms with Crippen LogP contribution in [0.1, 0.15) is 31.3 Å². The number of aromatic carboxylic acids is 1. The number of nitrogens with one attached hydrogen (secondary N) is 1. The number of carboxylic acids is 1. The zero-order valence-corrected chi connectivity index (χ0v) is 10.7. The second-order valence-electron chi connectivity index (χ2n) is 4.67. The number of hydrogen-bond donors (Lipinski definition) is 2. The highest BCUT2D eigenvalue weighted by Crippen LogP contribution is 2.44. The summed E-state index contributed by atoms with van der Waals surface area (Å²) in [5.74, 6) is -0.501. The van der Waals surface area contributed by atoms with Gasteiger partial charge in [0.15, 0.2) is 0 Å². The molecule has 0 atom stereocenters. The number of hydrogen-bond acceptors (Lipinski definition) is 3. The molecule has 1 aromatic heterocycles. The van der Waals surface area contributed by atoms with Gasteiger partial charge in [0.05, 0.1) is 4.90 Å². The summed E-state index contributed by atoms with van der Waals surface area (Å²) in [5, 5.41) is 8.95. The summed E-state index contributed by atoms with van der Waals surface area (Å²) in [6.45, 7) is 6.12. The van der Waals surface area contributed by atoms with E-state index in [-0.39, 0.29) is 16.3 Å². The Kier molecular flexibility index (Phi) is 2.69. The van der Waals surface area contributed by atoms with Gasteiger partial charge in [-0.3, -0.25) is 9.69 Å². The molecule has 0 aromatic carbocycles. The smallest absolute Gasteiger partial charge is 0.352 e. The number of aromatic amines is 1. The zero-order chi connectivity index (χ0) is 12.8. The molecule has 6 heteroatoms. The minimum absolute atomic E-state index is 0.0848. The van der Waals surface area contributed by atoms with Gasteiger partial charge in [-0.05, 0) is 19.9 Å². The predicted molar refractivity (Wildman–Crippen MR) is 65.7 cm³/mol. The van der Waals surface area contributed by atoms with E-state index in [2.05, 4.69) is 4.98 Å². The van der Waals surface area contributed by atoms with Crippen molar-refractivity contribution in [3.63, 3.8) is 0 Å². The third kappa shape index (κ3) is 2.17. The number of anilines is 1. The van der Waals surface area contributed by atoms with Crippen LogP contribution in [0.3, 0.4) is 0 Å². The molecule has 1 amide bonds. The van der Waals surface area contributed by atoms with E-state index in [4.69, 9.17) is 5.11 Å². The van der Waals surface area contributed by atoms with Crippen molar-refractivity contribution in [3.8, 4) is 0 Å². The minimum Gasteiger partial charge on any atom is -0.477 e. The molecule has 0 radical (unpaired) electrons. The maximum atomic E-state index is 11.6. The Morgan fingerprint density at radius 1 is 1.53 bits per heavy atom. The summed E-state index contributed by atoms with van der Waals surface area (Å²) in [6.07, 6.45) is 0. The first-order valence-corrected chi connectivity index (χ1v) is 6.05. The van der Waals surface area contributed by atoms with Gasteiger partial charge >= 0.3 is 5.97 Å². The maximum absolute atomic E-state index is 11.6. The molecular formula is C11H14N2O3S. The molecule has 0 spiro atoms. The van der Waals surface area contributed by atoms with Gasteiger partial charge in [0, 0.05) is 18.2 Å². The second-order valence-corrected chi connectivity index (χ2v) is 6.42. The van der Waals surface area contributed by atoms with Crippen molar-refractivity contribution < 1.29 is 14.7 Å². The maximum Gasteiger partial charge on any atom is 0.352 e. The van der Waals surface area contributed by atoms with E-state index in [1.165, 1.54) is 6.92 Å². The normalized spacial score (nSPS) is 17.7. The number of nitrogens with zero attached hydrogens (tertiary/aromatic N) is 1. The molecule has 0 aliphatic carbocycles. The number of carbonyl (C=O) groups is 2.